The van der Waals surface area contributed by atoms with Crippen LogP contribution in [0.4, 0.5) is 0 Å². The maximum absolute atomic E-state index is 10.9. The highest BCUT2D eigenvalue weighted by Crippen LogP contribution is 2.46. The van der Waals surface area contributed by atoms with Crippen LogP contribution in [0.2, 0.25) is 0 Å². The molecule has 18 heavy (non-hydrogen) atoms. The van der Waals surface area contributed by atoms with Crippen molar-refractivity contribution in [2.24, 2.45) is 11.8 Å². The Kier molecular flexibility index (Phi) is 3.65. The van der Waals surface area contributed by atoms with E-state index in [9.17, 15) is 5.11 Å². The van der Waals surface area contributed by atoms with Crippen molar-refractivity contribution in [3.05, 3.63) is 0 Å². The van der Waals surface area contributed by atoms with Crippen LogP contribution < -0.4 is 0 Å². The lowest BCUT2D eigenvalue weighted by molar-refractivity contribution is -0.143. The van der Waals surface area contributed by atoms with Crippen LogP contribution in [0.15, 0.2) is 0 Å². The Morgan fingerprint density at radius 1 is 1.28 bits per heavy atom. The molecule has 0 radical (unpaired) electrons. The highest BCUT2D eigenvalue weighted by molar-refractivity contribution is 7.99. The summed E-state index contributed by atoms with van der Waals surface area (Å²) in [7, 11) is 0. The molecule has 0 aromatic carbocycles. The van der Waals surface area contributed by atoms with E-state index in [1.807, 2.05) is 18.7 Å². The molecule has 1 N–H and O–H groups in total. The second-order valence-electron chi connectivity index (χ2n) is 6.31. The SMILES string of the molecule is CC(O)(C1CCOC1)C1CCOC2(CCSC2)C1. The molecular formula is C14H24O3S. The van der Waals surface area contributed by atoms with Crippen molar-refractivity contribution in [3.8, 4) is 0 Å². The smallest absolute Gasteiger partial charge is 0.0784 e. The average Bonchev–Trinajstić information content (AvgIpc) is 3.01. The first-order chi connectivity index (χ1) is 8.62. The fraction of sp³-hybridized carbons (Fsp3) is 1.00. The van der Waals surface area contributed by atoms with Crippen LogP contribution in [0.5, 0.6) is 0 Å². The molecule has 3 nitrogen and oxygen atoms in total. The molecule has 0 bridgehead atoms. The molecule has 0 aromatic heterocycles. The van der Waals surface area contributed by atoms with Gasteiger partial charge in [-0.3, -0.25) is 0 Å². The molecule has 3 rings (SSSR count). The molecule has 4 heteroatoms. The normalized spacial score (nSPS) is 44.3. The van der Waals surface area contributed by atoms with E-state index < -0.39 is 5.60 Å². The summed E-state index contributed by atoms with van der Waals surface area (Å²) in [5, 5.41) is 10.9. The van der Waals surface area contributed by atoms with Crippen molar-refractivity contribution in [3.63, 3.8) is 0 Å². The standard InChI is InChI=1S/C14H24O3S/c1-13(15,12-2-5-16-9-12)11-3-6-17-14(8-11)4-7-18-10-14/h11-12,15H,2-10H2,1H3. The lowest BCUT2D eigenvalue weighted by atomic mass is 9.70. The zero-order valence-electron chi connectivity index (χ0n) is 11.2. The van der Waals surface area contributed by atoms with Crippen LogP contribution in [0, 0.1) is 11.8 Å². The van der Waals surface area contributed by atoms with Crippen LogP contribution in [0.1, 0.15) is 32.6 Å². The summed E-state index contributed by atoms with van der Waals surface area (Å²) >= 11 is 1.99. The molecule has 0 aliphatic carbocycles. The molecule has 4 unspecified atom stereocenters. The number of hydrogen-bond acceptors (Lipinski definition) is 4. The molecule has 3 aliphatic rings. The Balaban J connectivity index is 1.70. The van der Waals surface area contributed by atoms with Gasteiger partial charge in [-0.15, -0.1) is 0 Å². The molecule has 104 valence electrons. The maximum atomic E-state index is 10.9. The van der Waals surface area contributed by atoms with Crippen LogP contribution >= 0.6 is 11.8 Å². The van der Waals surface area contributed by atoms with Gasteiger partial charge in [0.05, 0.1) is 17.8 Å². The highest BCUT2D eigenvalue weighted by Gasteiger charge is 2.48. The van der Waals surface area contributed by atoms with E-state index in [0.29, 0.717) is 11.8 Å². The van der Waals surface area contributed by atoms with Gasteiger partial charge in [0.2, 0.25) is 0 Å². The second kappa shape index (κ2) is 4.97. The molecule has 3 fully saturated rings. The minimum Gasteiger partial charge on any atom is -0.390 e. The lowest BCUT2D eigenvalue weighted by Crippen LogP contribution is -2.50. The number of hydrogen-bond donors (Lipinski definition) is 1. The summed E-state index contributed by atoms with van der Waals surface area (Å²) in [5.74, 6) is 3.01. The van der Waals surface area contributed by atoms with E-state index in [4.69, 9.17) is 9.47 Å². The zero-order chi connectivity index (χ0) is 12.6. The van der Waals surface area contributed by atoms with E-state index in [2.05, 4.69) is 0 Å². The van der Waals surface area contributed by atoms with E-state index in [-0.39, 0.29) is 5.60 Å². The summed E-state index contributed by atoms with van der Waals surface area (Å²) in [4.78, 5) is 0. The van der Waals surface area contributed by atoms with Gasteiger partial charge in [-0.25, -0.2) is 0 Å². The first-order valence-electron chi connectivity index (χ1n) is 7.14. The zero-order valence-corrected chi connectivity index (χ0v) is 12.0. The quantitative estimate of drug-likeness (QED) is 0.835. The Hall–Kier alpha value is 0.230. The van der Waals surface area contributed by atoms with Gasteiger partial charge in [0.1, 0.15) is 0 Å². The van der Waals surface area contributed by atoms with E-state index in [0.717, 1.165) is 51.3 Å². The van der Waals surface area contributed by atoms with Crippen LogP contribution in [-0.2, 0) is 9.47 Å². The van der Waals surface area contributed by atoms with Crippen LogP contribution in [0.3, 0.4) is 0 Å². The summed E-state index contributed by atoms with van der Waals surface area (Å²) in [6.45, 7) is 4.38. The van der Waals surface area contributed by atoms with E-state index >= 15 is 0 Å². The van der Waals surface area contributed by atoms with Gasteiger partial charge in [-0.2, -0.15) is 11.8 Å². The summed E-state index contributed by atoms with van der Waals surface area (Å²) in [5.41, 5.74) is -0.516. The summed E-state index contributed by atoms with van der Waals surface area (Å²) in [6.07, 6.45) is 4.19. The van der Waals surface area contributed by atoms with Gasteiger partial charge in [0.25, 0.3) is 0 Å². The van der Waals surface area contributed by atoms with Crippen molar-refractivity contribution in [1.29, 1.82) is 0 Å². The molecule has 3 saturated heterocycles. The van der Waals surface area contributed by atoms with Crippen molar-refractivity contribution in [1.82, 2.24) is 0 Å². The van der Waals surface area contributed by atoms with Crippen molar-refractivity contribution >= 4 is 11.8 Å². The lowest BCUT2D eigenvalue weighted by Gasteiger charge is -2.45. The first kappa shape index (κ1) is 13.2. The number of ether oxygens (including phenoxy) is 2. The molecule has 3 aliphatic heterocycles. The Labute approximate surface area is 114 Å². The van der Waals surface area contributed by atoms with Gasteiger partial charge in [0.15, 0.2) is 0 Å². The third kappa shape index (κ3) is 2.33. The summed E-state index contributed by atoms with van der Waals surface area (Å²) in [6, 6.07) is 0. The minimum absolute atomic E-state index is 0.0665. The minimum atomic E-state index is -0.583. The number of thioether (sulfide) groups is 1. The number of rotatable bonds is 2. The largest absolute Gasteiger partial charge is 0.390 e. The van der Waals surface area contributed by atoms with Gasteiger partial charge >= 0.3 is 0 Å². The van der Waals surface area contributed by atoms with Gasteiger partial charge in [0, 0.05) is 24.9 Å². The fourth-order valence-corrected chi connectivity index (χ4v) is 5.10. The molecule has 0 amide bonds. The molecule has 0 aromatic rings. The average molecular weight is 272 g/mol. The van der Waals surface area contributed by atoms with E-state index in [1.165, 1.54) is 5.75 Å². The first-order valence-corrected chi connectivity index (χ1v) is 8.30. The Bertz CT molecular complexity index is 293. The van der Waals surface area contributed by atoms with Gasteiger partial charge < -0.3 is 14.6 Å². The third-order valence-corrected chi connectivity index (χ3v) is 6.37. The van der Waals surface area contributed by atoms with Crippen LogP contribution in [0.25, 0.3) is 0 Å². The van der Waals surface area contributed by atoms with Crippen molar-refractivity contribution in [2.75, 3.05) is 31.3 Å². The van der Waals surface area contributed by atoms with Gasteiger partial charge in [-0.1, -0.05) is 0 Å². The Morgan fingerprint density at radius 3 is 2.78 bits per heavy atom. The molecule has 1 spiro atoms. The highest BCUT2D eigenvalue weighted by atomic mass is 32.2. The molecular weight excluding hydrogens is 248 g/mol. The maximum Gasteiger partial charge on any atom is 0.0784 e. The molecule has 3 heterocycles. The predicted octanol–water partition coefficient (Wildman–Crippen LogP) is 2.08. The van der Waals surface area contributed by atoms with E-state index in [1.54, 1.807) is 0 Å². The topological polar surface area (TPSA) is 38.7 Å². The predicted molar refractivity (Wildman–Crippen MR) is 72.9 cm³/mol. The monoisotopic (exact) mass is 272 g/mol. The Morgan fingerprint density at radius 2 is 2.11 bits per heavy atom. The fourth-order valence-electron chi connectivity index (χ4n) is 3.72. The van der Waals surface area contributed by atoms with Gasteiger partial charge in [-0.05, 0) is 44.3 Å². The van der Waals surface area contributed by atoms with Crippen molar-refractivity contribution in [2.45, 2.75) is 43.8 Å². The molecule has 4 atom stereocenters. The second-order valence-corrected chi connectivity index (χ2v) is 7.42. The van der Waals surface area contributed by atoms with Crippen molar-refractivity contribution < 1.29 is 14.6 Å². The third-order valence-electron chi connectivity index (χ3n) is 5.14. The van der Waals surface area contributed by atoms with Crippen LogP contribution in [-0.4, -0.2) is 47.6 Å². The number of aliphatic hydroxyl groups is 1. The summed E-state index contributed by atoms with van der Waals surface area (Å²) < 4.78 is 11.5. The molecule has 0 saturated carbocycles.